The molecule has 12 heteroatoms. The lowest BCUT2D eigenvalue weighted by molar-refractivity contribution is 0.102. The van der Waals surface area contributed by atoms with Crippen LogP contribution in [0.5, 0.6) is 0 Å². The van der Waals surface area contributed by atoms with Gasteiger partial charge in [0.15, 0.2) is 10.1 Å². The lowest BCUT2D eigenvalue weighted by atomic mass is 10.2. The summed E-state index contributed by atoms with van der Waals surface area (Å²) in [6.45, 7) is 0.452. The van der Waals surface area contributed by atoms with Gasteiger partial charge in [-0.2, -0.15) is 0 Å². The van der Waals surface area contributed by atoms with Crippen molar-refractivity contribution >= 4 is 39.8 Å². The van der Waals surface area contributed by atoms with Crippen molar-refractivity contribution < 1.29 is 9.18 Å². The molecule has 1 aromatic carbocycles. The van der Waals surface area contributed by atoms with Crippen molar-refractivity contribution in [2.24, 2.45) is 0 Å². The Morgan fingerprint density at radius 1 is 1.30 bits per heavy atom. The van der Waals surface area contributed by atoms with E-state index in [1.165, 1.54) is 28.0 Å². The van der Waals surface area contributed by atoms with E-state index in [1.54, 1.807) is 12.1 Å². The number of Topliss-reactive ketones (excluding diaryl/α,β-unsaturated/α-hetero) is 1. The van der Waals surface area contributed by atoms with Crippen molar-refractivity contribution in [3.63, 3.8) is 0 Å². The molecule has 0 saturated heterocycles. The van der Waals surface area contributed by atoms with E-state index in [0.29, 0.717) is 16.0 Å². The highest BCUT2D eigenvalue weighted by molar-refractivity contribution is 8.01. The van der Waals surface area contributed by atoms with Gasteiger partial charge in [0.25, 0.3) is 5.56 Å². The van der Waals surface area contributed by atoms with Crippen LogP contribution in [-0.2, 0) is 6.54 Å². The highest BCUT2D eigenvalue weighted by atomic mass is 32.2. The topological polar surface area (TPSA) is 136 Å². The second-order valence-electron chi connectivity index (χ2n) is 6.69. The lowest BCUT2D eigenvalue weighted by Crippen LogP contribution is -2.36. The highest BCUT2D eigenvalue weighted by Gasteiger charge is 2.30. The number of aromatic amines is 1. The van der Waals surface area contributed by atoms with Gasteiger partial charge in [-0.05, 0) is 30.5 Å². The number of thioether (sulfide) groups is 1. The molecular formula is C18H17FN6O3S2. The number of nitrogens with one attached hydrogen (secondary N) is 2. The number of ketones is 1. The van der Waals surface area contributed by atoms with E-state index in [1.807, 2.05) is 0 Å². The number of aromatic nitrogens is 4. The van der Waals surface area contributed by atoms with Gasteiger partial charge in [-0.25, -0.2) is 9.18 Å². The summed E-state index contributed by atoms with van der Waals surface area (Å²) in [7, 11) is 0. The number of carbonyl (C=O) groups excluding carboxylic acids is 1. The Morgan fingerprint density at radius 3 is 2.73 bits per heavy atom. The number of hydrogen-bond donors (Lipinski definition) is 3. The largest absolute Gasteiger partial charge is 0.384 e. The maximum Gasteiger partial charge on any atom is 0.330 e. The van der Waals surface area contributed by atoms with Crippen LogP contribution >= 0.6 is 23.1 Å². The first kappa shape index (κ1) is 20.3. The standard InChI is InChI=1S/C18H17FN6O3S2/c19-10-3-1-9(2-4-10)7-21-16-23-24-18(30-16)29-8-12(26)13-14(20)25(11-5-6-11)17(28)22-15(13)27/h1-4,11H,5-8,20H2,(H,21,23)(H,22,27,28). The van der Waals surface area contributed by atoms with Crippen molar-refractivity contribution in [1.82, 2.24) is 19.7 Å². The zero-order valence-electron chi connectivity index (χ0n) is 15.6. The van der Waals surface area contributed by atoms with Crippen molar-refractivity contribution in [2.75, 3.05) is 16.8 Å². The first-order valence-corrected chi connectivity index (χ1v) is 10.8. The van der Waals surface area contributed by atoms with Gasteiger partial charge in [-0.1, -0.05) is 35.2 Å². The summed E-state index contributed by atoms with van der Waals surface area (Å²) in [4.78, 5) is 38.8. The third kappa shape index (κ3) is 4.44. The van der Waals surface area contributed by atoms with Crippen molar-refractivity contribution in [3.05, 3.63) is 62.0 Å². The monoisotopic (exact) mass is 448 g/mol. The second kappa shape index (κ2) is 8.40. The van der Waals surface area contributed by atoms with Crippen LogP contribution in [0.2, 0.25) is 0 Å². The maximum absolute atomic E-state index is 12.9. The first-order valence-electron chi connectivity index (χ1n) is 9.04. The molecule has 0 amide bonds. The zero-order valence-corrected chi connectivity index (χ0v) is 17.2. The molecule has 0 bridgehead atoms. The number of hydrogen-bond acceptors (Lipinski definition) is 9. The lowest BCUT2D eigenvalue weighted by Gasteiger charge is -2.10. The molecule has 30 heavy (non-hydrogen) atoms. The summed E-state index contributed by atoms with van der Waals surface area (Å²) in [5, 5.41) is 11.6. The van der Waals surface area contributed by atoms with E-state index in [9.17, 15) is 18.8 Å². The average molecular weight is 449 g/mol. The van der Waals surface area contributed by atoms with Crippen molar-refractivity contribution in [2.45, 2.75) is 29.8 Å². The number of H-pyrrole nitrogens is 1. The number of nitrogen functional groups attached to an aromatic ring is 1. The SMILES string of the molecule is Nc1c(C(=O)CSc2nnc(NCc3ccc(F)cc3)s2)c(=O)[nH]c(=O)n1C1CC1. The molecule has 4 rings (SSSR count). The van der Waals surface area contributed by atoms with Crippen LogP contribution in [0.15, 0.2) is 38.2 Å². The summed E-state index contributed by atoms with van der Waals surface area (Å²) < 4.78 is 14.8. The quantitative estimate of drug-likeness (QED) is 0.352. The highest BCUT2D eigenvalue weighted by Crippen LogP contribution is 2.35. The predicted octanol–water partition coefficient (Wildman–Crippen LogP) is 2.03. The van der Waals surface area contributed by atoms with Crippen LogP contribution < -0.4 is 22.3 Å². The minimum absolute atomic E-state index is 0.0635. The number of nitrogens with two attached hydrogens (primary N) is 1. The number of rotatable bonds is 8. The fourth-order valence-electron chi connectivity index (χ4n) is 2.85. The Morgan fingerprint density at radius 2 is 2.03 bits per heavy atom. The average Bonchev–Trinajstić information content (AvgIpc) is 3.43. The molecule has 1 saturated carbocycles. The summed E-state index contributed by atoms with van der Waals surface area (Å²) in [5.74, 6) is -0.937. The van der Waals surface area contributed by atoms with Crippen molar-refractivity contribution in [3.8, 4) is 0 Å². The van der Waals surface area contributed by atoms with Gasteiger partial charge in [0.05, 0.1) is 5.75 Å². The Balaban J connectivity index is 1.39. The fraction of sp³-hybridized carbons (Fsp3) is 0.278. The normalized spacial score (nSPS) is 13.4. The maximum atomic E-state index is 12.9. The molecule has 2 heterocycles. The van der Waals surface area contributed by atoms with Crippen molar-refractivity contribution in [1.29, 1.82) is 0 Å². The molecule has 9 nitrogen and oxygen atoms in total. The van der Waals surface area contributed by atoms with Gasteiger partial charge in [0.2, 0.25) is 5.13 Å². The molecule has 2 aromatic heterocycles. The molecule has 1 aliphatic carbocycles. The molecule has 0 aliphatic heterocycles. The van der Waals surface area contributed by atoms with E-state index >= 15 is 0 Å². The molecule has 0 spiro atoms. The minimum Gasteiger partial charge on any atom is -0.384 e. The van der Waals surface area contributed by atoms with Gasteiger partial charge in [0.1, 0.15) is 17.2 Å². The fourth-order valence-corrected chi connectivity index (χ4v) is 4.47. The number of carbonyl (C=O) groups is 1. The van der Waals surface area contributed by atoms with Crippen LogP contribution in [0.3, 0.4) is 0 Å². The molecule has 4 N–H and O–H groups in total. The van der Waals surface area contributed by atoms with E-state index in [2.05, 4.69) is 20.5 Å². The molecule has 0 unspecified atom stereocenters. The van der Waals surface area contributed by atoms with Gasteiger partial charge in [-0.15, -0.1) is 10.2 Å². The van der Waals surface area contributed by atoms with Gasteiger partial charge in [0, 0.05) is 12.6 Å². The van der Waals surface area contributed by atoms with E-state index in [0.717, 1.165) is 30.2 Å². The summed E-state index contributed by atoms with van der Waals surface area (Å²) in [6.07, 6.45) is 1.58. The van der Waals surface area contributed by atoms with E-state index in [-0.39, 0.29) is 29.0 Å². The Bertz CT molecular complexity index is 1200. The second-order valence-corrected chi connectivity index (χ2v) is 8.89. The zero-order chi connectivity index (χ0) is 21.3. The minimum atomic E-state index is -0.779. The number of halogens is 1. The number of anilines is 2. The van der Waals surface area contributed by atoms with Gasteiger partial charge < -0.3 is 11.1 Å². The number of nitrogens with zero attached hydrogens (tertiary/aromatic N) is 3. The molecule has 3 aromatic rings. The van der Waals surface area contributed by atoms with Gasteiger partial charge >= 0.3 is 5.69 Å². The molecular weight excluding hydrogens is 431 g/mol. The van der Waals surface area contributed by atoms with Crippen LogP contribution in [0.4, 0.5) is 15.3 Å². The van der Waals surface area contributed by atoms with Crippen LogP contribution in [0, 0.1) is 5.82 Å². The number of benzene rings is 1. The van der Waals surface area contributed by atoms with Crippen LogP contribution in [0.25, 0.3) is 0 Å². The summed E-state index contributed by atoms with van der Waals surface area (Å²) in [6, 6.07) is 6.03. The molecule has 0 atom stereocenters. The summed E-state index contributed by atoms with van der Waals surface area (Å²) >= 11 is 2.38. The van der Waals surface area contributed by atoms with Crippen LogP contribution in [0.1, 0.15) is 34.8 Å². The molecule has 1 aliphatic rings. The smallest absolute Gasteiger partial charge is 0.330 e. The Hall–Kier alpha value is -2.99. The Kier molecular flexibility index (Phi) is 5.68. The first-order chi connectivity index (χ1) is 14.4. The third-order valence-electron chi connectivity index (χ3n) is 4.46. The Labute approximate surface area is 177 Å². The predicted molar refractivity (Wildman–Crippen MR) is 113 cm³/mol. The van der Waals surface area contributed by atoms with Gasteiger partial charge in [-0.3, -0.25) is 19.1 Å². The van der Waals surface area contributed by atoms with E-state index in [4.69, 9.17) is 5.73 Å². The third-order valence-corrected chi connectivity index (χ3v) is 6.48. The van der Waals surface area contributed by atoms with Crippen LogP contribution in [-0.4, -0.2) is 31.3 Å². The molecule has 0 radical (unpaired) electrons. The molecule has 1 fully saturated rings. The summed E-state index contributed by atoms with van der Waals surface area (Å²) in [5.41, 5.74) is 5.27. The molecule has 156 valence electrons. The van der Waals surface area contributed by atoms with E-state index < -0.39 is 17.0 Å².